The molecule has 1 aromatic rings. The minimum atomic E-state index is -0.490. The lowest BCUT2D eigenvalue weighted by atomic mass is 10.2. The summed E-state index contributed by atoms with van der Waals surface area (Å²) >= 11 is 1.15. The van der Waals surface area contributed by atoms with E-state index in [2.05, 4.69) is 4.98 Å². The van der Waals surface area contributed by atoms with E-state index in [-0.39, 0.29) is 11.5 Å². The molecule has 4 nitrogen and oxygen atoms in total. The molecule has 0 radical (unpaired) electrons. The molecule has 0 unspecified atom stereocenters. The van der Waals surface area contributed by atoms with Crippen molar-refractivity contribution in [2.24, 2.45) is 5.92 Å². The van der Waals surface area contributed by atoms with Crippen LogP contribution in [0.15, 0.2) is 17.5 Å². The van der Waals surface area contributed by atoms with Gasteiger partial charge in [0.25, 0.3) is 0 Å². The Labute approximate surface area is 104 Å². The van der Waals surface area contributed by atoms with E-state index < -0.39 is 5.97 Å². The minimum Gasteiger partial charge on any atom is -0.461 e. The molecule has 0 N–H and O–H groups in total. The van der Waals surface area contributed by atoms with Gasteiger partial charge in [-0.1, -0.05) is 19.9 Å². The van der Waals surface area contributed by atoms with Crippen molar-refractivity contribution in [2.75, 3.05) is 6.61 Å². The highest BCUT2D eigenvalue weighted by Crippen LogP contribution is 2.12. The molecule has 92 valence electrons. The van der Waals surface area contributed by atoms with Gasteiger partial charge < -0.3 is 4.74 Å². The zero-order chi connectivity index (χ0) is 12.8. The number of hydrogen-bond acceptors (Lipinski definition) is 5. The van der Waals surface area contributed by atoms with Gasteiger partial charge in [0.05, 0.1) is 6.61 Å². The molecule has 0 fully saturated rings. The topological polar surface area (TPSA) is 56.3 Å². The van der Waals surface area contributed by atoms with Gasteiger partial charge in [-0.25, -0.2) is 9.78 Å². The maximum atomic E-state index is 11.7. The summed E-state index contributed by atoms with van der Waals surface area (Å²) in [5.41, 5.74) is 0.193. The van der Waals surface area contributed by atoms with Gasteiger partial charge >= 0.3 is 5.97 Å². The third kappa shape index (κ3) is 4.11. The molecule has 0 saturated heterocycles. The van der Waals surface area contributed by atoms with Crippen molar-refractivity contribution in [1.29, 1.82) is 0 Å². The van der Waals surface area contributed by atoms with Crippen molar-refractivity contribution in [2.45, 2.75) is 20.8 Å². The SMILES string of the molecule is CCOC(=O)c1csc(C(=O)/C=C\C(C)C)n1. The van der Waals surface area contributed by atoms with Crippen LogP contribution in [0, 0.1) is 5.92 Å². The Morgan fingerprint density at radius 3 is 2.82 bits per heavy atom. The van der Waals surface area contributed by atoms with E-state index >= 15 is 0 Å². The second-order valence-electron chi connectivity index (χ2n) is 3.73. The number of carbonyl (C=O) groups excluding carboxylic acids is 2. The molecular formula is C12H15NO3S. The number of ketones is 1. The summed E-state index contributed by atoms with van der Waals surface area (Å²) in [4.78, 5) is 26.9. The number of allylic oxidation sites excluding steroid dienone is 2. The highest BCUT2D eigenvalue weighted by atomic mass is 32.1. The number of thiazole rings is 1. The average molecular weight is 253 g/mol. The summed E-state index contributed by atoms with van der Waals surface area (Å²) in [6, 6.07) is 0. The van der Waals surface area contributed by atoms with Crippen molar-refractivity contribution >= 4 is 23.1 Å². The normalized spacial score (nSPS) is 11.1. The lowest BCUT2D eigenvalue weighted by Gasteiger charge is -1.95. The summed E-state index contributed by atoms with van der Waals surface area (Å²) in [6.45, 7) is 5.99. The Morgan fingerprint density at radius 2 is 2.24 bits per heavy atom. The standard InChI is InChI=1S/C12H15NO3S/c1-4-16-12(15)9-7-17-11(13-9)10(14)6-5-8(2)3/h5-8H,4H2,1-3H3/b6-5-. The lowest BCUT2D eigenvalue weighted by molar-refractivity contribution is 0.0520. The minimum absolute atomic E-state index is 0.181. The first kappa shape index (κ1) is 13.6. The molecule has 0 aromatic carbocycles. The smallest absolute Gasteiger partial charge is 0.357 e. The number of esters is 1. The molecule has 0 spiro atoms. The quantitative estimate of drug-likeness (QED) is 0.460. The van der Waals surface area contributed by atoms with Crippen LogP contribution in [-0.2, 0) is 4.74 Å². The average Bonchev–Trinajstić information content (AvgIpc) is 2.75. The van der Waals surface area contributed by atoms with Gasteiger partial charge in [-0.2, -0.15) is 0 Å². The maximum Gasteiger partial charge on any atom is 0.357 e. The predicted molar refractivity (Wildman–Crippen MR) is 66.4 cm³/mol. The van der Waals surface area contributed by atoms with Crippen molar-refractivity contribution < 1.29 is 14.3 Å². The third-order valence-electron chi connectivity index (χ3n) is 1.83. The Kier molecular flexibility index (Phi) is 5.03. The molecule has 0 saturated carbocycles. The Balaban J connectivity index is 2.74. The van der Waals surface area contributed by atoms with Crippen LogP contribution in [0.5, 0.6) is 0 Å². The zero-order valence-electron chi connectivity index (χ0n) is 10.1. The molecule has 0 amide bonds. The van der Waals surface area contributed by atoms with Gasteiger partial charge in [-0.15, -0.1) is 11.3 Å². The fourth-order valence-electron chi connectivity index (χ4n) is 1.04. The van der Waals surface area contributed by atoms with Crippen molar-refractivity contribution in [3.05, 3.63) is 28.2 Å². The lowest BCUT2D eigenvalue weighted by Crippen LogP contribution is -2.05. The van der Waals surface area contributed by atoms with Crippen LogP contribution in [0.25, 0.3) is 0 Å². The van der Waals surface area contributed by atoms with Gasteiger partial charge in [0.1, 0.15) is 0 Å². The fourth-order valence-corrected chi connectivity index (χ4v) is 1.74. The molecule has 17 heavy (non-hydrogen) atoms. The molecule has 0 aliphatic rings. The summed E-state index contributed by atoms with van der Waals surface area (Å²) in [5.74, 6) is -0.363. The van der Waals surface area contributed by atoms with Crippen LogP contribution in [-0.4, -0.2) is 23.3 Å². The number of hydrogen-bond donors (Lipinski definition) is 0. The van der Waals surface area contributed by atoms with Gasteiger partial charge in [0, 0.05) is 5.38 Å². The van der Waals surface area contributed by atoms with E-state index in [4.69, 9.17) is 4.74 Å². The first-order valence-corrected chi connectivity index (χ1v) is 6.27. The molecule has 0 bridgehead atoms. The largest absolute Gasteiger partial charge is 0.461 e. The second kappa shape index (κ2) is 6.30. The van der Waals surface area contributed by atoms with Crippen LogP contribution < -0.4 is 0 Å². The van der Waals surface area contributed by atoms with E-state index in [1.54, 1.807) is 13.0 Å². The van der Waals surface area contributed by atoms with Gasteiger partial charge in [-0.3, -0.25) is 4.79 Å². The molecule has 1 rings (SSSR count). The molecule has 0 aliphatic carbocycles. The van der Waals surface area contributed by atoms with Crippen LogP contribution in [0.4, 0.5) is 0 Å². The number of rotatable bonds is 5. The highest BCUT2D eigenvalue weighted by Gasteiger charge is 2.14. The second-order valence-corrected chi connectivity index (χ2v) is 4.58. The van der Waals surface area contributed by atoms with Crippen LogP contribution in [0.1, 0.15) is 41.1 Å². The van der Waals surface area contributed by atoms with Crippen molar-refractivity contribution in [3.63, 3.8) is 0 Å². The Hall–Kier alpha value is -1.49. The maximum absolute atomic E-state index is 11.7. The Morgan fingerprint density at radius 1 is 1.53 bits per heavy atom. The monoisotopic (exact) mass is 253 g/mol. The molecule has 5 heteroatoms. The van der Waals surface area contributed by atoms with Crippen LogP contribution in [0.3, 0.4) is 0 Å². The van der Waals surface area contributed by atoms with Gasteiger partial charge in [0.2, 0.25) is 5.78 Å². The van der Waals surface area contributed by atoms with Crippen LogP contribution >= 0.6 is 11.3 Å². The first-order valence-electron chi connectivity index (χ1n) is 5.39. The molecule has 0 aliphatic heterocycles. The summed E-state index contributed by atoms with van der Waals surface area (Å²) in [6.07, 6.45) is 3.28. The molecule has 1 aromatic heterocycles. The number of ether oxygens (including phenoxy) is 1. The van der Waals surface area contributed by atoms with Gasteiger partial charge in [-0.05, 0) is 18.9 Å². The van der Waals surface area contributed by atoms with Crippen molar-refractivity contribution in [3.8, 4) is 0 Å². The zero-order valence-corrected chi connectivity index (χ0v) is 10.9. The molecule has 0 atom stereocenters. The predicted octanol–water partition coefficient (Wildman–Crippen LogP) is 2.71. The summed E-state index contributed by atoms with van der Waals surface area (Å²) in [5, 5.41) is 1.85. The molecule has 1 heterocycles. The van der Waals surface area contributed by atoms with Crippen LogP contribution in [0.2, 0.25) is 0 Å². The first-order chi connectivity index (χ1) is 8.04. The summed E-state index contributed by atoms with van der Waals surface area (Å²) < 4.78 is 4.80. The summed E-state index contributed by atoms with van der Waals surface area (Å²) in [7, 11) is 0. The highest BCUT2D eigenvalue weighted by molar-refractivity contribution is 7.12. The Bertz CT molecular complexity index is 435. The van der Waals surface area contributed by atoms with E-state index in [1.807, 2.05) is 13.8 Å². The number of aromatic nitrogens is 1. The molecular weight excluding hydrogens is 238 g/mol. The third-order valence-corrected chi connectivity index (χ3v) is 2.69. The fraction of sp³-hybridized carbons (Fsp3) is 0.417. The van der Waals surface area contributed by atoms with Crippen molar-refractivity contribution in [1.82, 2.24) is 4.98 Å². The number of carbonyl (C=O) groups is 2. The van der Waals surface area contributed by atoms with E-state index in [0.717, 1.165) is 11.3 Å². The van der Waals surface area contributed by atoms with Gasteiger partial charge in [0.15, 0.2) is 10.7 Å². The number of nitrogens with zero attached hydrogens (tertiary/aromatic N) is 1. The van der Waals surface area contributed by atoms with E-state index in [9.17, 15) is 9.59 Å². The van der Waals surface area contributed by atoms with E-state index in [0.29, 0.717) is 17.5 Å². The van der Waals surface area contributed by atoms with E-state index in [1.165, 1.54) is 11.5 Å².